The molecule has 2 N–H and O–H groups in total. The van der Waals surface area contributed by atoms with E-state index in [0.717, 1.165) is 13.1 Å². The van der Waals surface area contributed by atoms with Crippen LogP contribution in [0.4, 0.5) is 0 Å². The highest BCUT2D eigenvalue weighted by Crippen LogP contribution is 2.16. The molecule has 1 amide bonds. The zero-order valence-corrected chi connectivity index (χ0v) is 8.34. The van der Waals surface area contributed by atoms with Gasteiger partial charge in [-0.25, -0.2) is 0 Å². The fourth-order valence-corrected chi connectivity index (χ4v) is 1.38. The average Bonchev–Trinajstić information content (AvgIpc) is 2.09. The number of hydrogen-bond donors (Lipinski definition) is 2. The Balaban J connectivity index is 2.47. The molecule has 0 radical (unpaired) electrons. The van der Waals surface area contributed by atoms with E-state index in [9.17, 15) is 4.79 Å². The van der Waals surface area contributed by atoms with Crippen molar-refractivity contribution in [1.82, 2.24) is 10.2 Å². The van der Waals surface area contributed by atoms with Gasteiger partial charge in [0.2, 0.25) is 5.91 Å². The van der Waals surface area contributed by atoms with Gasteiger partial charge < -0.3 is 15.3 Å². The summed E-state index contributed by atoms with van der Waals surface area (Å²) in [5, 5.41) is 12.1. The number of rotatable bonds is 3. The summed E-state index contributed by atoms with van der Waals surface area (Å²) in [4.78, 5) is 13.2. The molecule has 1 heterocycles. The third-order valence-electron chi connectivity index (χ3n) is 2.23. The van der Waals surface area contributed by atoms with Gasteiger partial charge in [-0.05, 0) is 0 Å². The smallest absolute Gasteiger partial charge is 0.236 e. The normalized spacial score (nSPS) is 19.3. The zero-order valence-electron chi connectivity index (χ0n) is 8.34. The molecule has 0 bridgehead atoms. The van der Waals surface area contributed by atoms with Gasteiger partial charge in [-0.15, -0.1) is 0 Å². The molecular formula is C9H18N2O2. The van der Waals surface area contributed by atoms with Crippen LogP contribution < -0.4 is 5.32 Å². The first kappa shape index (κ1) is 10.5. The Labute approximate surface area is 78.9 Å². The Morgan fingerprint density at radius 1 is 1.62 bits per heavy atom. The lowest BCUT2D eigenvalue weighted by atomic mass is 9.94. The number of aliphatic hydroxyl groups excluding tert-OH is 1. The van der Waals surface area contributed by atoms with Crippen LogP contribution in [0.5, 0.6) is 0 Å². The minimum atomic E-state index is -0.188. The van der Waals surface area contributed by atoms with Crippen LogP contribution in [-0.4, -0.2) is 48.7 Å². The summed E-state index contributed by atoms with van der Waals surface area (Å²) in [7, 11) is 0. The summed E-state index contributed by atoms with van der Waals surface area (Å²) in [6.07, 6.45) is 0. The highest BCUT2D eigenvalue weighted by molar-refractivity contribution is 5.79. The van der Waals surface area contributed by atoms with Crippen LogP contribution in [0.3, 0.4) is 0 Å². The molecule has 1 rings (SSSR count). The molecule has 0 spiro atoms. The second-order valence-corrected chi connectivity index (χ2v) is 4.31. The van der Waals surface area contributed by atoms with Crippen LogP contribution in [0.15, 0.2) is 0 Å². The molecule has 1 fully saturated rings. The molecule has 4 nitrogen and oxygen atoms in total. The van der Waals surface area contributed by atoms with Crippen molar-refractivity contribution in [3.8, 4) is 0 Å². The lowest BCUT2D eigenvalue weighted by molar-refractivity contribution is -0.133. The van der Waals surface area contributed by atoms with Gasteiger partial charge in [0, 0.05) is 31.7 Å². The molecular weight excluding hydrogens is 168 g/mol. The largest absolute Gasteiger partial charge is 0.396 e. The van der Waals surface area contributed by atoms with Gasteiger partial charge in [-0.2, -0.15) is 0 Å². The second-order valence-electron chi connectivity index (χ2n) is 4.31. The average molecular weight is 186 g/mol. The van der Waals surface area contributed by atoms with Gasteiger partial charge in [0.25, 0.3) is 0 Å². The van der Waals surface area contributed by atoms with Crippen molar-refractivity contribution in [1.29, 1.82) is 0 Å². The van der Waals surface area contributed by atoms with E-state index in [1.807, 2.05) is 18.7 Å². The predicted molar refractivity (Wildman–Crippen MR) is 50.3 cm³/mol. The van der Waals surface area contributed by atoms with Crippen molar-refractivity contribution in [3.05, 3.63) is 0 Å². The molecule has 0 unspecified atom stereocenters. The van der Waals surface area contributed by atoms with Crippen molar-refractivity contribution in [2.45, 2.75) is 13.8 Å². The van der Waals surface area contributed by atoms with E-state index in [0.29, 0.717) is 13.1 Å². The topological polar surface area (TPSA) is 52.6 Å². The summed E-state index contributed by atoms with van der Waals surface area (Å²) in [6, 6.07) is 0. The first-order valence-electron chi connectivity index (χ1n) is 4.64. The highest BCUT2D eigenvalue weighted by atomic mass is 16.3. The number of aliphatic hydroxyl groups is 1. The first-order valence-corrected chi connectivity index (χ1v) is 4.64. The van der Waals surface area contributed by atoms with E-state index in [1.54, 1.807) is 0 Å². The Hall–Kier alpha value is -0.610. The van der Waals surface area contributed by atoms with Gasteiger partial charge >= 0.3 is 0 Å². The quantitative estimate of drug-likeness (QED) is 0.621. The van der Waals surface area contributed by atoms with Crippen molar-refractivity contribution < 1.29 is 9.90 Å². The summed E-state index contributed by atoms with van der Waals surface area (Å²) in [5.41, 5.74) is -0.188. The van der Waals surface area contributed by atoms with Gasteiger partial charge in [0.1, 0.15) is 0 Å². The molecule has 0 saturated carbocycles. The van der Waals surface area contributed by atoms with Gasteiger partial charge in [0.15, 0.2) is 0 Å². The molecule has 0 aromatic carbocycles. The fourth-order valence-electron chi connectivity index (χ4n) is 1.38. The van der Waals surface area contributed by atoms with E-state index < -0.39 is 0 Å². The Kier molecular flexibility index (Phi) is 3.27. The molecule has 4 heteroatoms. The van der Waals surface area contributed by atoms with Gasteiger partial charge in [0.05, 0.1) is 6.54 Å². The van der Waals surface area contributed by atoms with Crippen molar-refractivity contribution in [2.24, 2.45) is 5.41 Å². The van der Waals surface area contributed by atoms with Crippen LogP contribution in [-0.2, 0) is 4.79 Å². The fraction of sp³-hybridized carbons (Fsp3) is 0.889. The SMILES string of the molecule is CC(C)(CO)CN1CCNCC1=O. The molecule has 76 valence electrons. The molecule has 0 atom stereocenters. The molecule has 0 aromatic rings. The van der Waals surface area contributed by atoms with Crippen LogP contribution in [0.2, 0.25) is 0 Å². The summed E-state index contributed by atoms with van der Waals surface area (Å²) in [6.45, 7) is 6.72. The number of amides is 1. The minimum absolute atomic E-state index is 0.115. The summed E-state index contributed by atoms with van der Waals surface area (Å²) in [5.74, 6) is 0.132. The summed E-state index contributed by atoms with van der Waals surface area (Å²) < 4.78 is 0. The van der Waals surface area contributed by atoms with Crippen molar-refractivity contribution in [3.63, 3.8) is 0 Å². The minimum Gasteiger partial charge on any atom is -0.396 e. The number of nitrogens with one attached hydrogen (secondary N) is 1. The van der Waals surface area contributed by atoms with Crippen LogP contribution >= 0.6 is 0 Å². The van der Waals surface area contributed by atoms with E-state index in [2.05, 4.69) is 5.32 Å². The van der Waals surface area contributed by atoms with E-state index in [-0.39, 0.29) is 17.9 Å². The number of carbonyl (C=O) groups excluding carboxylic acids is 1. The maximum atomic E-state index is 11.4. The molecule has 13 heavy (non-hydrogen) atoms. The molecule has 1 aliphatic heterocycles. The Morgan fingerprint density at radius 3 is 2.85 bits per heavy atom. The lowest BCUT2D eigenvalue weighted by Gasteiger charge is -2.34. The van der Waals surface area contributed by atoms with E-state index >= 15 is 0 Å². The monoisotopic (exact) mass is 186 g/mol. The van der Waals surface area contributed by atoms with Gasteiger partial charge in [-0.1, -0.05) is 13.8 Å². The predicted octanol–water partition coefficient (Wildman–Crippen LogP) is -0.563. The third-order valence-corrected chi connectivity index (χ3v) is 2.23. The van der Waals surface area contributed by atoms with Crippen LogP contribution in [0.1, 0.15) is 13.8 Å². The lowest BCUT2D eigenvalue weighted by Crippen LogP contribution is -2.51. The van der Waals surface area contributed by atoms with Crippen LogP contribution in [0, 0.1) is 5.41 Å². The number of hydrogen-bond acceptors (Lipinski definition) is 3. The number of piperazine rings is 1. The van der Waals surface area contributed by atoms with Gasteiger partial charge in [-0.3, -0.25) is 4.79 Å². The van der Waals surface area contributed by atoms with Crippen LogP contribution in [0.25, 0.3) is 0 Å². The van der Waals surface area contributed by atoms with Crippen molar-refractivity contribution in [2.75, 3.05) is 32.8 Å². The molecule has 0 aliphatic carbocycles. The first-order chi connectivity index (χ1) is 6.05. The zero-order chi connectivity index (χ0) is 9.90. The number of nitrogens with zero attached hydrogens (tertiary/aromatic N) is 1. The maximum absolute atomic E-state index is 11.4. The molecule has 1 aliphatic rings. The number of carbonyl (C=O) groups is 1. The van der Waals surface area contributed by atoms with E-state index in [4.69, 9.17) is 5.11 Å². The summed E-state index contributed by atoms with van der Waals surface area (Å²) >= 11 is 0. The van der Waals surface area contributed by atoms with E-state index in [1.165, 1.54) is 0 Å². The standard InChI is InChI=1S/C9H18N2O2/c1-9(2,7-12)6-11-4-3-10-5-8(11)13/h10,12H,3-7H2,1-2H3. The molecule has 0 aromatic heterocycles. The second kappa shape index (κ2) is 4.07. The Bertz CT molecular complexity index is 192. The highest BCUT2D eigenvalue weighted by Gasteiger charge is 2.25. The molecule has 1 saturated heterocycles. The maximum Gasteiger partial charge on any atom is 0.236 e. The van der Waals surface area contributed by atoms with Crippen molar-refractivity contribution >= 4 is 5.91 Å². The third kappa shape index (κ3) is 2.97. The Morgan fingerprint density at radius 2 is 2.31 bits per heavy atom.